The molecule has 0 N–H and O–H groups in total. The van der Waals surface area contributed by atoms with Gasteiger partial charge in [0.05, 0.1) is 0 Å². The summed E-state index contributed by atoms with van der Waals surface area (Å²) >= 11 is 0. The van der Waals surface area contributed by atoms with E-state index in [0.29, 0.717) is 5.92 Å². The molecular formula is C18H28. The normalized spacial score (nSPS) is 37.2. The van der Waals surface area contributed by atoms with Gasteiger partial charge in [-0.3, -0.25) is 0 Å². The van der Waals surface area contributed by atoms with Crippen molar-refractivity contribution in [1.82, 2.24) is 0 Å². The average molecular weight is 244 g/mol. The Bertz CT molecular complexity index is 312. The molecule has 0 amide bonds. The minimum absolute atomic E-state index is 0.714. The molecule has 0 heterocycles. The Morgan fingerprint density at radius 3 is 1.89 bits per heavy atom. The van der Waals surface area contributed by atoms with Gasteiger partial charge in [-0.1, -0.05) is 12.2 Å². The van der Waals surface area contributed by atoms with Crippen molar-refractivity contribution in [1.29, 1.82) is 0 Å². The summed E-state index contributed by atoms with van der Waals surface area (Å²) in [5, 5.41) is 0. The van der Waals surface area contributed by atoms with Crippen molar-refractivity contribution in [2.75, 3.05) is 0 Å². The highest BCUT2D eigenvalue weighted by Crippen LogP contribution is 2.41. The summed E-state index contributed by atoms with van der Waals surface area (Å²) < 4.78 is 0. The van der Waals surface area contributed by atoms with Gasteiger partial charge >= 0.3 is 0 Å². The Morgan fingerprint density at radius 2 is 1.39 bits per heavy atom. The average Bonchev–Trinajstić information content (AvgIpc) is 2.41. The summed E-state index contributed by atoms with van der Waals surface area (Å²) in [6.45, 7) is 4.14. The predicted octanol–water partition coefficient (Wildman–Crippen LogP) is 5.20. The quantitative estimate of drug-likeness (QED) is 0.463. The van der Waals surface area contributed by atoms with E-state index in [4.69, 9.17) is 0 Å². The molecule has 18 heavy (non-hydrogen) atoms. The first-order chi connectivity index (χ1) is 8.83. The third kappa shape index (κ3) is 3.64. The topological polar surface area (TPSA) is 0 Å². The van der Waals surface area contributed by atoms with Crippen LogP contribution in [0, 0.1) is 35.5 Å². The van der Waals surface area contributed by atoms with Crippen molar-refractivity contribution < 1.29 is 0 Å². The van der Waals surface area contributed by atoms with Gasteiger partial charge in [0.25, 0.3) is 0 Å². The summed E-state index contributed by atoms with van der Waals surface area (Å²) in [4.78, 5) is 0. The third-order valence-corrected chi connectivity index (χ3v) is 5.07. The Hall–Kier alpha value is -0.700. The molecule has 2 fully saturated rings. The molecule has 100 valence electrons. The number of rotatable bonds is 2. The molecule has 0 aromatic heterocycles. The van der Waals surface area contributed by atoms with Gasteiger partial charge in [0.2, 0.25) is 0 Å². The van der Waals surface area contributed by atoms with E-state index in [2.05, 4.69) is 30.9 Å². The fourth-order valence-corrected chi connectivity index (χ4v) is 4.02. The Kier molecular flexibility index (Phi) is 5.36. The van der Waals surface area contributed by atoms with Crippen molar-refractivity contribution in [3.05, 3.63) is 12.2 Å². The van der Waals surface area contributed by atoms with Crippen LogP contribution in [0.3, 0.4) is 0 Å². The molecule has 0 spiro atoms. The van der Waals surface area contributed by atoms with E-state index in [1.165, 1.54) is 51.4 Å². The second kappa shape index (κ2) is 7.03. The van der Waals surface area contributed by atoms with Gasteiger partial charge in [0, 0.05) is 5.92 Å². The second-order valence-electron chi connectivity index (χ2n) is 6.21. The van der Waals surface area contributed by atoms with Crippen molar-refractivity contribution in [2.24, 2.45) is 23.7 Å². The molecule has 0 saturated heterocycles. The van der Waals surface area contributed by atoms with Crippen LogP contribution in [-0.4, -0.2) is 0 Å². The van der Waals surface area contributed by atoms with E-state index in [1.807, 2.05) is 6.92 Å². The first kappa shape index (κ1) is 13.7. The molecule has 2 rings (SSSR count). The molecule has 0 aromatic carbocycles. The zero-order valence-electron chi connectivity index (χ0n) is 12.1. The van der Waals surface area contributed by atoms with E-state index >= 15 is 0 Å². The summed E-state index contributed by atoms with van der Waals surface area (Å²) in [6, 6.07) is 0. The van der Waals surface area contributed by atoms with Crippen molar-refractivity contribution in [2.45, 2.75) is 65.2 Å². The summed E-state index contributed by atoms with van der Waals surface area (Å²) in [7, 11) is 0. The molecular weight excluding hydrogens is 216 g/mol. The van der Waals surface area contributed by atoms with Crippen molar-refractivity contribution in [3.8, 4) is 11.8 Å². The first-order valence-corrected chi connectivity index (χ1v) is 7.88. The lowest BCUT2D eigenvalue weighted by Crippen LogP contribution is -2.25. The molecule has 0 heteroatoms. The predicted molar refractivity (Wildman–Crippen MR) is 79.2 cm³/mol. The van der Waals surface area contributed by atoms with E-state index < -0.39 is 0 Å². The van der Waals surface area contributed by atoms with Crippen LogP contribution in [0.15, 0.2) is 12.2 Å². The van der Waals surface area contributed by atoms with Crippen molar-refractivity contribution in [3.63, 3.8) is 0 Å². The largest absolute Gasteiger partial charge is 0.106 e. The lowest BCUT2D eigenvalue weighted by molar-refractivity contribution is 0.168. The van der Waals surface area contributed by atoms with E-state index in [9.17, 15) is 0 Å². The molecule has 0 atom stereocenters. The molecule has 2 aliphatic carbocycles. The standard InChI is InChI=1S/C18H28/c1-3-5-15-7-11-17(12-8-15)18-13-9-16(6-4-2)10-14-18/h3,5,15-18H,7-14H2,1-2H3/t15-,16-,17-,18-. The second-order valence-corrected chi connectivity index (χ2v) is 6.21. The lowest BCUT2D eigenvalue weighted by Gasteiger charge is -2.36. The van der Waals surface area contributed by atoms with Gasteiger partial charge in [-0.2, -0.15) is 0 Å². The Morgan fingerprint density at radius 1 is 0.833 bits per heavy atom. The Balaban J connectivity index is 1.75. The fourth-order valence-electron chi connectivity index (χ4n) is 4.02. The lowest BCUT2D eigenvalue weighted by atomic mass is 9.69. The molecule has 2 saturated carbocycles. The minimum atomic E-state index is 0.714. The van der Waals surface area contributed by atoms with E-state index in [-0.39, 0.29) is 0 Å². The maximum atomic E-state index is 3.37. The highest BCUT2D eigenvalue weighted by molar-refractivity contribution is 5.02. The van der Waals surface area contributed by atoms with E-state index in [1.54, 1.807) is 0 Å². The van der Waals surface area contributed by atoms with Gasteiger partial charge in [-0.15, -0.1) is 11.8 Å². The number of allylic oxidation sites excluding steroid dienone is 2. The smallest absolute Gasteiger partial charge is 0.0203 e. The van der Waals surface area contributed by atoms with Crippen LogP contribution in [0.5, 0.6) is 0 Å². The van der Waals surface area contributed by atoms with Gasteiger partial charge in [-0.05, 0) is 83.0 Å². The van der Waals surface area contributed by atoms with Gasteiger partial charge < -0.3 is 0 Å². The molecule has 0 unspecified atom stereocenters. The molecule has 2 aliphatic rings. The summed E-state index contributed by atoms with van der Waals surface area (Å²) in [5.41, 5.74) is 0. The van der Waals surface area contributed by atoms with E-state index in [0.717, 1.165) is 17.8 Å². The molecule has 0 bridgehead atoms. The summed E-state index contributed by atoms with van der Waals surface area (Å²) in [5.74, 6) is 10.1. The Labute approximate surface area is 113 Å². The third-order valence-electron chi connectivity index (χ3n) is 5.07. The molecule has 0 radical (unpaired) electrons. The minimum Gasteiger partial charge on any atom is -0.106 e. The van der Waals surface area contributed by atoms with Gasteiger partial charge in [0.15, 0.2) is 0 Å². The maximum Gasteiger partial charge on any atom is 0.0203 e. The fraction of sp³-hybridized carbons (Fsp3) is 0.778. The van der Waals surface area contributed by atoms with Crippen LogP contribution in [0.2, 0.25) is 0 Å². The molecule has 0 aromatic rings. The van der Waals surface area contributed by atoms with Crippen LogP contribution in [0.1, 0.15) is 65.2 Å². The van der Waals surface area contributed by atoms with Gasteiger partial charge in [-0.25, -0.2) is 0 Å². The molecule has 0 nitrogen and oxygen atoms in total. The first-order valence-electron chi connectivity index (χ1n) is 7.88. The SMILES string of the molecule is CC#C[C@H]1CC[C@H]([C@H]2CC[C@H](C=CC)CC2)CC1. The highest BCUT2D eigenvalue weighted by Gasteiger charge is 2.29. The van der Waals surface area contributed by atoms with Crippen LogP contribution >= 0.6 is 0 Å². The highest BCUT2D eigenvalue weighted by atomic mass is 14.3. The monoisotopic (exact) mass is 244 g/mol. The van der Waals surface area contributed by atoms with Crippen LogP contribution < -0.4 is 0 Å². The van der Waals surface area contributed by atoms with Crippen LogP contribution in [0.25, 0.3) is 0 Å². The zero-order valence-corrected chi connectivity index (χ0v) is 12.1. The number of hydrogen-bond donors (Lipinski definition) is 0. The van der Waals surface area contributed by atoms with Crippen LogP contribution in [-0.2, 0) is 0 Å². The van der Waals surface area contributed by atoms with Gasteiger partial charge in [0.1, 0.15) is 0 Å². The van der Waals surface area contributed by atoms with Crippen LogP contribution in [0.4, 0.5) is 0 Å². The summed E-state index contributed by atoms with van der Waals surface area (Å²) in [6.07, 6.45) is 16.1. The number of hydrogen-bond acceptors (Lipinski definition) is 0. The van der Waals surface area contributed by atoms with Crippen molar-refractivity contribution >= 4 is 0 Å². The maximum absolute atomic E-state index is 3.37. The zero-order chi connectivity index (χ0) is 12.8. The molecule has 0 aliphatic heterocycles.